The summed E-state index contributed by atoms with van der Waals surface area (Å²) < 4.78 is 7.11. The SMILES string of the molecule is CCn1cc(-c2cc(Cl)nc([C@H](C)OC)n2)c(C)n1. The zero-order valence-electron chi connectivity index (χ0n) is 11.5. The Hall–Kier alpha value is -1.46. The molecule has 0 amide bonds. The minimum atomic E-state index is -0.195. The summed E-state index contributed by atoms with van der Waals surface area (Å²) in [7, 11) is 1.62. The van der Waals surface area contributed by atoms with E-state index in [4.69, 9.17) is 16.3 Å². The van der Waals surface area contributed by atoms with Crippen LogP contribution in [0.2, 0.25) is 5.15 Å². The van der Waals surface area contributed by atoms with Gasteiger partial charge in [0.2, 0.25) is 0 Å². The van der Waals surface area contributed by atoms with Crippen molar-refractivity contribution in [3.8, 4) is 11.3 Å². The summed E-state index contributed by atoms with van der Waals surface area (Å²) in [5.74, 6) is 0.577. The average molecular weight is 281 g/mol. The molecule has 6 heteroatoms. The quantitative estimate of drug-likeness (QED) is 0.808. The van der Waals surface area contributed by atoms with Gasteiger partial charge in [-0.05, 0) is 20.8 Å². The van der Waals surface area contributed by atoms with Crippen molar-refractivity contribution in [3.05, 3.63) is 28.9 Å². The van der Waals surface area contributed by atoms with Crippen molar-refractivity contribution in [2.75, 3.05) is 7.11 Å². The predicted octanol–water partition coefficient (Wildman–Crippen LogP) is 3.03. The van der Waals surface area contributed by atoms with Gasteiger partial charge < -0.3 is 4.74 Å². The fourth-order valence-electron chi connectivity index (χ4n) is 1.79. The monoisotopic (exact) mass is 280 g/mol. The van der Waals surface area contributed by atoms with Gasteiger partial charge in [0.15, 0.2) is 5.82 Å². The van der Waals surface area contributed by atoms with Crippen molar-refractivity contribution in [2.45, 2.75) is 33.4 Å². The lowest BCUT2D eigenvalue weighted by molar-refractivity contribution is 0.112. The van der Waals surface area contributed by atoms with E-state index in [1.165, 1.54) is 0 Å². The molecule has 0 aromatic carbocycles. The molecule has 2 aromatic heterocycles. The van der Waals surface area contributed by atoms with Crippen LogP contribution in [-0.2, 0) is 11.3 Å². The van der Waals surface area contributed by atoms with Crippen LogP contribution in [0.1, 0.15) is 31.5 Å². The van der Waals surface area contributed by atoms with E-state index in [0.29, 0.717) is 11.0 Å². The van der Waals surface area contributed by atoms with Gasteiger partial charge in [0.1, 0.15) is 11.3 Å². The predicted molar refractivity (Wildman–Crippen MR) is 74.1 cm³/mol. The van der Waals surface area contributed by atoms with Crippen molar-refractivity contribution in [2.24, 2.45) is 0 Å². The Morgan fingerprint density at radius 3 is 2.74 bits per heavy atom. The van der Waals surface area contributed by atoms with Crippen molar-refractivity contribution in [3.63, 3.8) is 0 Å². The maximum atomic E-state index is 6.06. The van der Waals surface area contributed by atoms with Crippen LogP contribution in [0.4, 0.5) is 0 Å². The smallest absolute Gasteiger partial charge is 0.159 e. The molecule has 0 saturated heterocycles. The van der Waals surface area contributed by atoms with Gasteiger partial charge in [0.25, 0.3) is 0 Å². The van der Waals surface area contributed by atoms with Gasteiger partial charge in [-0.1, -0.05) is 11.6 Å². The Labute approximate surface area is 117 Å². The van der Waals surface area contributed by atoms with Crippen LogP contribution in [0.3, 0.4) is 0 Å². The Bertz CT molecular complexity index is 582. The first-order valence-electron chi connectivity index (χ1n) is 6.16. The third-order valence-corrected chi connectivity index (χ3v) is 3.17. The van der Waals surface area contributed by atoms with E-state index in [1.807, 2.05) is 31.6 Å². The maximum Gasteiger partial charge on any atom is 0.159 e. The summed E-state index contributed by atoms with van der Waals surface area (Å²) in [6.45, 7) is 6.71. The molecule has 0 radical (unpaired) electrons. The number of methoxy groups -OCH3 is 1. The second-order valence-corrected chi connectivity index (χ2v) is 4.68. The number of aryl methyl sites for hydroxylation is 2. The molecule has 1 atom stereocenters. The Kier molecular flexibility index (Phi) is 4.17. The summed E-state index contributed by atoms with van der Waals surface area (Å²) in [4.78, 5) is 8.70. The second-order valence-electron chi connectivity index (χ2n) is 4.30. The third-order valence-electron chi connectivity index (χ3n) is 2.98. The van der Waals surface area contributed by atoms with Crippen LogP contribution in [0.5, 0.6) is 0 Å². The number of halogens is 1. The molecule has 0 N–H and O–H groups in total. The largest absolute Gasteiger partial charge is 0.374 e. The number of hydrogen-bond acceptors (Lipinski definition) is 4. The van der Waals surface area contributed by atoms with Crippen LogP contribution < -0.4 is 0 Å². The first kappa shape index (κ1) is 14.0. The molecule has 5 nitrogen and oxygen atoms in total. The average Bonchev–Trinajstić information content (AvgIpc) is 2.78. The highest BCUT2D eigenvalue weighted by Crippen LogP contribution is 2.25. The number of ether oxygens (including phenoxy) is 1. The van der Waals surface area contributed by atoms with Crippen LogP contribution in [0, 0.1) is 6.92 Å². The lowest BCUT2D eigenvalue weighted by Gasteiger charge is -2.09. The van der Waals surface area contributed by atoms with Gasteiger partial charge in [-0.3, -0.25) is 4.68 Å². The zero-order chi connectivity index (χ0) is 14.0. The third kappa shape index (κ3) is 2.93. The van der Waals surface area contributed by atoms with Gasteiger partial charge in [0.05, 0.1) is 11.4 Å². The summed E-state index contributed by atoms with van der Waals surface area (Å²) in [5, 5.41) is 4.82. The van der Waals surface area contributed by atoms with E-state index >= 15 is 0 Å². The Balaban J connectivity index is 2.49. The van der Waals surface area contributed by atoms with Crippen molar-refractivity contribution in [1.82, 2.24) is 19.7 Å². The topological polar surface area (TPSA) is 52.8 Å². The molecule has 0 spiro atoms. The highest BCUT2D eigenvalue weighted by Gasteiger charge is 2.14. The van der Waals surface area contributed by atoms with Crippen LogP contribution >= 0.6 is 11.6 Å². The minimum Gasteiger partial charge on any atom is -0.374 e. The molecular weight excluding hydrogens is 264 g/mol. The van der Waals surface area contributed by atoms with E-state index in [9.17, 15) is 0 Å². The van der Waals surface area contributed by atoms with E-state index in [-0.39, 0.29) is 6.10 Å². The summed E-state index contributed by atoms with van der Waals surface area (Å²) in [5.41, 5.74) is 2.67. The standard InChI is InChI=1S/C13H17ClN4O/c1-5-18-7-10(8(2)17-18)11-6-12(14)16-13(15-11)9(3)19-4/h6-7,9H,5H2,1-4H3/t9-/m0/s1. The minimum absolute atomic E-state index is 0.195. The molecule has 0 fully saturated rings. The lowest BCUT2D eigenvalue weighted by Crippen LogP contribution is -2.04. The molecule has 0 aliphatic carbocycles. The maximum absolute atomic E-state index is 6.06. The van der Waals surface area contributed by atoms with Gasteiger partial charge >= 0.3 is 0 Å². The molecule has 0 saturated carbocycles. The number of nitrogens with zero attached hydrogens (tertiary/aromatic N) is 4. The fourth-order valence-corrected chi connectivity index (χ4v) is 1.98. The molecule has 102 valence electrons. The Morgan fingerprint density at radius 1 is 1.42 bits per heavy atom. The molecule has 2 heterocycles. The van der Waals surface area contributed by atoms with E-state index < -0.39 is 0 Å². The Morgan fingerprint density at radius 2 is 2.16 bits per heavy atom. The first-order valence-corrected chi connectivity index (χ1v) is 6.54. The van der Waals surface area contributed by atoms with Crippen LogP contribution in [-0.4, -0.2) is 26.9 Å². The number of rotatable bonds is 4. The zero-order valence-corrected chi connectivity index (χ0v) is 12.3. The van der Waals surface area contributed by atoms with Crippen LogP contribution in [0.25, 0.3) is 11.3 Å². The summed E-state index contributed by atoms with van der Waals surface area (Å²) in [6.07, 6.45) is 1.77. The van der Waals surface area contributed by atoms with Gasteiger partial charge in [-0.2, -0.15) is 5.10 Å². The van der Waals surface area contributed by atoms with Gasteiger partial charge in [-0.25, -0.2) is 9.97 Å². The lowest BCUT2D eigenvalue weighted by atomic mass is 10.2. The summed E-state index contributed by atoms with van der Waals surface area (Å²) >= 11 is 6.06. The highest BCUT2D eigenvalue weighted by atomic mass is 35.5. The van der Waals surface area contributed by atoms with Crippen molar-refractivity contribution < 1.29 is 4.74 Å². The molecule has 0 aliphatic rings. The van der Waals surface area contributed by atoms with Crippen molar-refractivity contribution >= 4 is 11.6 Å². The molecule has 0 unspecified atom stereocenters. The molecular formula is C13H17ClN4O. The number of aromatic nitrogens is 4. The molecule has 19 heavy (non-hydrogen) atoms. The second kappa shape index (κ2) is 5.67. The normalized spacial score (nSPS) is 12.7. The first-order chi connectivity index (χ1) is 9.05. The fraction of sp³-hybridized carbons (Fsp3) is 0.462. The van der Waals surface area contributed by atoms with E-state index in [0.717, 1.165) is 23.5 Å². The molecule has 0 aliphatic heterocycles. The van der Waals surface area contributed by atoms with Crippen molar-refractivity contribution in [1.29, 1.82) is 0 Å². The molecule has 2 rings (SSSR count). The van der Waals surface area contributed by atoms with Gasteiger partial charge in [0, 0.05) is 31.5 Å². The van der Waals surface area contributed by atoms with Gasteiger partial charge in [-0.15, -0.1) is 0 Å². The van der Waals surface area contributed by atoms with Crippen LogP contribution in [0.15, 0.2) is 12.3 Å². The summed E-state index contributed by atoms with van der Waals surface area (Å²) in [6, 6.07) is 1.75. The van der Waals surface area contributed by atoms with E-state index in [1.54, 1.807) is 13.2 Å². The van der Waals surface area contributed by atoms with E-state index in [2.05, 4.69) is 15.1 Å². The molecule has 0 bridgehead atoms. The number of hydrogen-bond donors (Lipinski definition) is 0. The molecule has 2 aromatic rings. The highest BCUT2D eigenvalue weighted by molar-refractivity contribution is 6.29.